The lowest BCUT2D eigenvalue weighted by Gasteiger charge is -2.07. The van der Waals surface area contributed by atoms with Crippen LogP contribution in [0.1, 0.15) is 12.5 Å². The van der Waals surface area contributed by atoms with Crippen LogP contribution in [0.2, 0.25) is 0 Å². The van der Waals surface area contributed by atoms with Crippen molar-refractivity contribution in [2.75, 3.05) is 7.11 Å². The maximum absolute atomic E-state index is 13.8. The highest BCUT2D eigenvalue weighted by Crippen LogP contribution is 2.28. The molecule has 0 saturated carbocycles. The van der Waals surface area contributed by atoms with Crippen molar-refractivity contribution >= 4 is 0 Å². The largest absolute Gasteiger partial charge is 0.494 e. The Labute approximate surface area is 104 Å². The molecule has 18 heavy (non-hydrogen) atoms. The van der Waals surface area contributed by atoms with Gasteiger partial charge in [-0.3, -0.25) is 4.98 Å². The second kappa shape index (κ2) is 5.12. The molecule has 0 spiro atoms. The zero-order chi connectivity index (χ0) is 13.1. The molecule has 4 heteroatoms. The summed E-state index contributed by atoms with van der Waals surface area (Å²) in [6.07, 6.45) is 2.52. The molecule has 2 aromatic rings. The first-order valence-electron chi connectivity index (χ1n) is 5.64. The summed E-state index contributed by atoms with van der Waals surface area (Å²) in [6.45, 7) is 2.00. The number of nitrogens with zero attached hydrogens (tertiary/aromatic N) is 1. The van der Waals surface area contributed by atoms with E-state index in [9.17, 15) is 8.78 Å². The van der Waals surface area contributed by atoms with Gasteiger partial charge in [0.05, 0.1) is 12.8 Å². The van der Waals surface area contributed by atoms with E-state index in [2.05, 4.69) is 4.98 Å². The zero-order valence-electron chi connectivity index (χ0n) is 10.2. The van der Waals surface area contributed by atoms with Gasteiger partial charge in [-0.1, -0.05) is 13.0 Å². The van der Waals surface area contributed by atoms with E-state index in [4.69, 9.17) is 4.74 Å². The number of pyridine rings is 1. The fraction of sp³-hybridized carbons (Fsp3) is 0.214. The molecule has 0 unspecified atom stereocenters. The highest BCUT2D eigenvalue weighted by molar-refractivity contribution is 5.61. The fourth-order valence-corrected chi connectivity index (χ4v) is 1.68. The minimum absolute atomic E-state index is 0.110. The average molecular weight is 249 g/mol. The van der Waals surface area contributed by atoms with E-state index >= 15 is 0 Å². The van der Waals surface area contributed by atoms with Crippen LogP contribution in [0.25, 0.3) is 11.3 Å². The second-order valence-electron chi connectivity index (χ2n) is 3.85. The first-order chi connectivity index (χ1) is 8.67. The number of aromatic nitrogens is 1. The summed E-state index contributed by atoms with van der Waals surface area (Å²) in [5.41, 5.74) is 1.59. The summed E-state index contributed by atoms with van der Waals surface area (Å²) >= 11 is 0. The van der Waals surface area contributed by atoms with Gasteiger partial charge in [0, 0.05) is 11.8 Å². The van der Waals surface area contributed by atoms with Crippen molar-refractivity contribution in [3.63, 3.8) is 0 Å². The van der Waals surface area contributed by atoms with Crippen molar-refractivity contribution in [3.8, 4) is 17.0 Å². The van der Waals surface area contributed by atoms with Crippen LogP contribution in [-0.2, 0) is 6.42 Å². The monoisotopic (exact) mass is 249 g/mol. The van der Waals surface area contributed by atoms with Crippen molar-refractivity contribution in [2.45, 2.75) is 13.3 Å². The minimum atomic E-state index is -0.989. The second-order valence-corrected chi connectivity index (χ2v) is 3.85. The smallest absolute Gasteiger partial charge is 0.201 e. The molecule has 1 heterocycles. The van der Waals surface area contributed by atoms with Crippen molar-refractivity contribution in [1.29, 1.82) is 0 Å². The maximum Gasteiger partial charge on any atom is 0.201 e. The number of ether oxygens (including phenoxy) is 1. The van der Waals surface area contributed by atoms with E-state index < -0.39 is 11.6 Å². The molecule has 0 aliphatic rings. The van der Waals surface area contributed by atoms with Gasteiger partial charge in [0.1, 0.15) is 0 Å². The summed E-state index contributed by atoms with van der Waals surface area (Å²) in [5, 5.41) is 0. The lowest BCUT2D eigenvalue weighted by molar-refractivity contribution is 0.372. The van der Waals surface area contributed by atoms with Crippen LogP contribution < -0.4 is 4.74 Å². The van der Waals surface area contributed by atoms with Gasteiger partial charge in [0.25, 0.3) is 0 Å². The topological polar surface area (TPSA) is 22.1 Å². The summed E-state index contributed by atoms with van der Waals surface area (Å²) in [4.78, 5) is 4.13. The molecule has 94 valence electrons. The average Bonchev–Trinajstić information content (AvgIpc) is 2.42. The number of hydrogen-bond donors (Lipinski definition) is 0. The molecule has 1 aromatic carbocycles. The minimum Gasteiger partial charge on any atom is -0.494 e. The predicted molar refractivity (Wildman–Crippen MR) is 65.5 cm³/mol. The Morgan fingerprint density at radius 2 is 1.89 bits per heavy atom. The highest BCUT2D eigenvalue weighted by atomic mass is 19.2. The molecule has 0 radical (unpaired) electrons. The Morgan fingerprint density at radius 3 is 2.44 bits per heavy atom. The van der Waals surface area contributed by atoms with Gasteiger partial charge < -0.3 is 4.74 Å². The van der Waals surface area contributed by atoms with Crippen molar-refractivity contribution < 1.29 is 13.5 Å². The van der Waals surface area contributed by atoms with Crippen LogP contribution in [-0.4, -0.2) is 12.1 Å². The number of rotatable bonds is 3. The van der Waals surface area contributed by atoms with E-state index in [-0.39, 0.29) is 11.3 Å². The Bertz CT molecular complexity index is 552. The third-order valence-corrected chi connectivity index (χ3v) is 2.78. The molecule has 0 saturated heterocycles. The molecule has 0 aliphatic heterocycles. The van der Waals surface area contributed by atoms with Crippen LogP contribution in [0.4, 0.5) is 8.78 Å². The van der Waals surface area contributed by atoms with Crippen LogP contribution in [0, 0.1) is 11.6 Å². The van der Waals surface area contributed by atoms with Gasteiger partial charge in [0.2, 0.25) is 5.82 Å². The van der Waals surface area contributed by atoms with Gasteiger partial charge in [-0.15, -0.1) is 0 Å². The lowest BCUT2D eigenvalue weighted by atomic mass is 10.1. The number of aryl methyl sites for hydroxylation is 1. The van der Waals surface area contributed by atoms with E-state index in [0.29, 0.717) is 5.69 Å². The standard InChI is InChI=1S/C14H13F2NO/c1-3-9-4-6-11(17-8-9)10-5-7-12(18-2)14(16)13(10)15/h4-8H,3H2,1-2H3. The molecule has 0 bridgehead atoms. The summed E-state index contributed by atoms with van der Waals surface area (Å²) in [6, 6.07) is 6.39. The van der Waals surface area contributed by atoms with Crippen molar-refractivity contribution in [2.24, 2.45) is 0 Å². The van der Waals surface area contributed by atoms with Crippen LogP contribution in [0.15, 0.2) is 30.5 Å². The predicted octanol–water partition coefficient (Wildman–Crippen LogP) is 3.60. The number of halogens is 2. The van der Waals surface area contributed by atoms with E-state index in [1.54, 1.807) is 12.3 Å². The molecule has 1 aromatic heterocycles. The Balaban J connectivity index is 2.47. The fourth-order valence-electron chi connectivity index (χ4n) is 1.68. The molecular weight excluding hydrogens is 236 g/mol. The first kappa shape index (κ1) is 12.5. The molecular formula is C14H13F2NO. The van der Waals surface area contributed by atoms with Crippen LogP contribution in [0.3, 0.4) is 0 Å². The van der Waals surface area contributed by atoms with Crippen molar-refractivity contribution in [3.05, 3.63) is 47.7 Å². The van der Waals surface area contributed by atoms with Gasteiger partial charge in [0.15, 0.2) is 11.6 Å². The number of methoxy groups -OCH3 is 1. The van der Waals surface area contributed by atoms with Gasteiger partial charge in [-0.25, -0.2) is 4.39 Å². The summed E-state index contributed by atoms with van der Waals surface area (Å²) in [5.74, 6) is -2.04. The van der Waals surface area contributed by atoms with Crippen LogP contribution >= 0.6 is 0 Å². The normalized spacial score (nSPS) is 10.4. The van der Waals surface area contributed by atoms with Crippen LogP contribution in [0.5, 0.6) is 5.75 Å². The van der Waals surface area contributed by atoms with E-state index in [0.717, 1.165) is 12.0 Å². The molecule has 0 N–H and O–H groups in total. The third-order valence-electron chi connectivity index (χ3n) is 2.78. The molecule has 0 fully saturated rings. The van der Waals surface area contributed by atoms with Crippen molar-refractivity contribution in [1.82, 2.24) is 4.98 Å². The molecule has 0 amide bonds. The quantitative estimate of drug-likeness (QED) is 0.829. The Kier molecular flexibility index (Phi) is 3.55. The summed E-state index contributed by atoms with van der Waals surface area (Å²) in [7, 11) is 1.30. The SMILES string of the molecule is CCc1ccc(-c2ccc(OC)c(F)c2F)nc1. The Hall–Kier alpha value is -1.97. The van der Waals surface area contributed by atoms with Gasteiger partial charge in [-0.2, -0.15) is 4.39 Å². The molecule has 0 aliphatic carbocycles. The Morgan fingerprint density at radius 1 is 1.11 bits per heavy atom. The highest BCUT2D eigenvalue weighted by Gasteiger charge is 2.15. The molecule has 2 rings (SSSR count). The molecule has 2 nitrogen and oxygen atoms in total. The lowest BCUT2D eigenvalue weighted by Crippen LogP contribution is -1.96. The van der Waals surface area contributed by atoms with Gasteiger partial charge >= 0.3 is 0 Å². The number of benzene rings is 1. The van der Waals surface area contributed by atoms with E-state index in [1.807, 2.05) is 13.0 Å². The number of hydrogen-bond acceptors (Lipinski definition) is 2. The first-order valence-corrected chi connectivity index (χ1v) is 5.64. The van der Waals surface area contributed by atoms with E-state index in [1.165, 1.54) is 19.2 Å². The zero-order valence-corrected chi connectivity index (χ0v) is 10.2. The third kappa shape index (κ3) is 2.18. The van der Waals surface area contributed by atoms with Gasteiger partial charge in [-0.05, 0) is 30.2 Å². The summed E-state index contributed by atoms with van der Waals surface area (Å²) < 4.78 is 32.1. The molecule has 0 atom stereocenters. The maximum atomic E-state index is 13.8.